The number of aryl methyl sites for hydroxylation is 1. The lowest BCUT2D eigenvalue weighted by molar-refractivity contribution is 0.102. The standard InChI is InChI=1S/C25H21BrN2O2S/c1-30-19-12-8-17(9-13-19)24-20-4-2-3-5-22(20)28-25(21(24)14-27)31-15-23(29)16-6-10-18(26)11-7-16/h6-13H,2-5,15H2,1H3. The number of pyridine rings is 1. The fraction of sp³-hybridized carbons (Fsp3) is 0.240. The predicted octanol–water partition coefficient (Wildman–Crippen LogP) is 6.25. The minimum atomic E-state index is 0.0203. The zero-order valence-corrected chi connectivity index (χ0v) is 19.6. The molecule has 0 atom stereocenters. The molecule has 0 saturated carbocycles. The number of carbonyl (C=O) groups is 1. The Morgan fingerprint density at radius 3 is 2.52 bits per heavy atom. The van der Waals surface area contributed by atoms with E-state index in [1.165, 1.54) is 11.8 Å². The molecule has 1 heterocycles. The second-order valence-electron chi connectivity index (χ2n) is 7.36. The van der Waals surface area contributed by atoms with Crippen LogP contribution in [0.15, 0.2) is 58.0 Å². The van der Waals surface area contributed by atoms with Crippen LogP contribution in [0.25, 0.3) is 11.1 Å². The summed E-state index contributed by atoms with van der Waals surface area (Å²) >= 11 is 4.74. The minimum absolute atomic E-state index is 0.0203. The zero-order chi connectivity index (χ0) is 21.8. The Kier molecular flexibility index (Phi) is 6.74. The molecule has 1 aliphatic rings. The van der Waals surface area contributed by atoms with E-state index in [0.29, 0.717) is 16.2 Å². The van der Waals surface area contributed by atoms with E-state index in [2.05, 4.69) is 22.0 Å². The van der Waals surface area contributed by atoms with E-state index in [1.807, 2.05) is 36.4 Å². The van der Waals surface area contributed by atoms with Gasteiger partial charge in [-0.1, -0.05) is 52.0 Å². The highest BCUT2D eigenvalue weighted by molar-refractivity contribution is 9.10. The molecular formula is C25H21BrN2O2S. The highest BCUT2D eigenvalue weighted by Gasteiger charge is 2.23. The van der Waals surface area contributed by atoms with Crippen LogP contribution in [0.4, 0.5) is 0 Å². The quantitative estimate of drug-likeness (QED) is 0.300. The predicted molar refractivity (Wildman–Crippen MR) is 127 cm³/mol. The molecule has 31 heavy (non-hydrogen) atoms. The summed E-state index contributed by atoms with van der Waals surface area (Å²) in [6.45, 7) is 0. The van der Waals surface area contributed by atoms with E-state index in [-0.39, 0.29) is 11.5 Å². The monoisotopic (exact) mass is 492 g/mol. The van der Waals surface area contributed by atoms with Crippen molar-refractivity contribution >= 4 is 33.5 Å². The SMILES string of the molecule is COc1ccc(-c2c(C#N)c(SCC(=O)c3ccc(Br)cc3)nc3c2CCCC3)cc1. The molecule has 0 amide bonds. The second-order valence-corrected chi connectivity index (χ2v) is 9.24. The molecule has 0 bridgehead atoms. The first-order chi connectivity index (χ1) is 15.1. The summed E-state index contributed by atoms with van der Waals surface area (Å²) in [5.41, 5.74) is 5.36. The Hall–Kier alpha value is -2.62. The molecule has 1 aliphatic carbocycles. The van der Waals surface area contributed by atoms with Gasteiger partial charge in [-0.2, -0.15) is 5.26 Å². The van der Waals surface area contributed by atoms with Gasteiger partial charge < -0.3 is 4.74 Å². The van der Waals surface area contributed by atoms with Gasteiger partial charge in [-0.25, -0.2) is 4.98 Å². The smallest absolute Gasteiger partial charge is 0.173 e. The number of benzene rings is 2. The van der Waals surface area contributed by atoms with Crippen LogP contribution >= 0.6 is 27.7 Å². The van der Waals surface area contributed by atoms with Gasteiger partial charge in [0.15, 0.2) is 5.78 Å². The minimum Gasteiger partial charge on any atom is -0.497 e. The summed E-state index contributed by atoms with van der Waals surface area (Å²) in [4.78, 5) is 17.5. The summed E-state index contributed by atoms with van der Waals surface area (Å²) in [6.07, 6.45) is 4.01. The number of rotatable bonds is 6. The number of carbonyl (C=O) groups excluding carboxylic acids is 1. The molecule has 0 radical (unpaired) electrons. The number of hydrogen-bond donors (Lipinski definition) is 0. The van der Waals surface area contributed by atoms with Crippen LogP contribution in [0.2, 0.25) is 0 Å². The molecule has 2 aromatic carbocycles. The third-order valence-electron chi connectivity index (χ3n) is 5.44. The fourth-order valence-corrected chi connectivity index (χ4v) is 5.02. The Labute approximate surface area is 194 Å². The van der Waals surface area contributed by atoms with Gasteiger partial charge in [0.25, 0.3) is 0 Å². The lowest BCUT2D eigenvalue weighted by atomic mass is 9.87. The van der Waals surface area contributed by atoms with Crippen molar-refractivity contribution in [2.45, 2.75) is 30.7 Å². The summed E-state index contributed by atoms with van der Waals surface area (Å²) in [6, 6.07) is 17.5. The highest BCUT2D eigenvalue weighted by atomic mass is 79.9. The summed E-state index contributed by atoms with van der Waals surface area (Å²) in [7, 11) is 1.64. The van der Waals surface area contributed by atoms with E-state index in [4.69, 9.17) is 9.72 Å². The van der Waals surface area contributed by atoms with Gasteiger partial charge in [0.1, 0.15) is 16.8 Å². The van der Waals surface area contributed by atoms with Crippen molar-refractivity contribution in [1.82, 2.24) is 4.98 Å². The van der Waals surface area contributed by atoms with E-state index in [9.17, 15) is 10.1 Å². The number of ketones is 1. The molecule has 0 fully saturated rings. The van der Waals surface area contributed by atoms with Crippen molar-refractivity contribution in [2.75, 3.05) is 12.9 Å². The number of Topliss-reactive ketones (excluding diaryl/α,β-unsaturated/α-hetero) is 1. The fourth-order valence-electron chi connectivity index (χ4n) is 3.86. The van der Waals surface area contributed by atoms with Crippen molar-refractivity contribution in [3.63, 3.8) is 0 Å². The first-order valence-electron chi connectivity index (χ1n) is 10.1. The molecule has 6 heteroatoms. The first-order valence-corrected chi connectivity index (χ1v) is 11.9. The van der Waals surface area contributed by atoms with Gasteiger partial charge in [-0.05, 0) is 61.1 Å². The number of ether oxygens (including phenoxy) is 1. The summed E-state index contributed by atoms with van der Waals surface area (Å²) < 4.78 is 6.22. The number of fused-ring (bicyclic) bond motifs is 1. The average Bonchev–Trinajstić information content (AvgIpc) is 2.82. The van der Waals surface area contributed by atoms with Crippen molar-refractivity contribution in [1.29, 1.82) is 5.26 Å². The van der Waals surface area contributed by atoms with E-state index in [1.54, 1.807) is 19.2 Å². The van der Waals surface area contributed by atoms with Gasteiger partial charge in [-0.15, -0.1) is 0 Å². The molecule has 0 N–H and O–H groups in total. The average molecular weight is 493 g/mol. The lowest BCUT2D eigenvalue weighted by Gasteiger charge is -2.22. The zero-order valence-electron chi connectivity index (χ0n) is 17.2. The molecule has 1 aromatic heterocycles. The molecule has 4 nitrogen and oxygen atoms in total. The van der Waals surface area contributed by atoms with Crippen LogP contribution in [0.3, 0.4) is 0 Å². The van der Waals surface area contributed by atoms with E-state index in [0.717, 1.165) is 58.3 Å². The van der Waals surface area contributed by atoms with Crippen LogP contribution < -0.4 is 4.74 Å². The van der Waals surface area contributed by atoms with Gasteiger partial charge in [0.05, 0.1) is 18.4 Å². The summed E-state index contributed by atoms with van der Waals surface area (Å²) in [5.74, 6) is 1.04. The topological polar surface area (TPSA) is 63.0 Å². The third-order valence-corrected chi connectivity index (χ3v) is 6.94. The number of aromatic nitrogens is 1. The molecule has 4 rings (SSSR count). The van der Waals surface area contributed by atoms with Crippen molar-refractivity contribution in [3.8, 4) is 22.9 Å². The van der Waals surface area contributed by atoms with Crippen molar-refractivity contribution in [2.24, 2.45) is 0 Å². The van der Waals surface area contributed by atoms with Crippen LogP contribution in [0.1, 0.15) is 40.0 Å². The van der Waals surface area contributed by atoms with Crippen LogP contribution in [-0.2, 0) is 12.8 Å². The molecule has 0 saturated heterocycles. The normalized spacial score (nSPS) is 12.7. The largest absolute Gasteiger partial charge is 0.497 e. The lowest BCUT2D eigenvalue weighted by Crippen LogP contribution is -2.11. The maximum absolute atomic E-state index is 12.7. The number of halogens is 1. The molecule has 0 aliphatic heterocycles. The first kappa shape index (κ1) is 21.6. The molecule has 0 unspecified atom stereocenters. The van der Waals surface area contributed by atoms with Gasteiger partial charge >= 0.3 is 0 Å². The third kappa shape index (κ3) is 4.68. The van der Waals surface area contributed by atoms with Crippen LogP contribution in [-0.4, -0.2) is 23.6 Å². The van der Waals surface area contributed by atoms with Crippen LogP contribution in [0, 0.1) is 11.3 Å². The Balaban J connectivity index is 1.71. The van der Waals surface area contributed by atoms with Crippen molar-refractivity contribution < 1.29 is 9.53 Å². The van der Waals surface area contributed by atoms with Crippen LogP contribution in [0.5, 0.6) is 5.75 Å². The van der Waals surface area contributed by atoms with Crippen molar-refractivity contribution in [3.05, 3.63) is 75.4 Å². The Bertz CT molecular complexity index is 1150. The highest BCUT2D eigenvalue weighted by Crippen LogP contribution is 2.38. The van der Waals surface area contributed by atoms with Gasteiger partial charge in [0.2, 0.25) is 0 Å². The summed E-state index contributed by atoms with van der Waals surface area (Å²) in [5, 5.41) is 10.7. The Morgan fingerprint density at radius 2 is 1.84 bits per heavy atom. The maximum Gasteiger partial charge on any atom is 0.173 e. The van der Waals surface area contributed by atoms with Gasteiger partial charge in [0, 0.05) is 21.3 Å². The number of nitrogens with zero attached hydrogens (tertiary/aromatic N) is 2. The van der Waals surface area contributed by atoms with E-state index >= 15 is 0 Å². The number of thioether (sulfide) groups is 1. The van der Waals surface area contributed by atoms with Gasteiger partial charge in [-0.3, -0.25) is 4.79 Å². The number of hydrogen-bond acceptors (Lipinski definition) is 5. The number of nitriles is 1. The second kappa shape index (κ2) is 9.67. The molecule has 0 spiro atoms. The molecule has 3 aromatic rings. The molecule has 156 valence electrons. The number of methoxy groups -OCH3 is 1. The molecular weight excluding hydrogens is 472 g/mol. The Morgan fingerprint density at radius 1 is 1.13 bits per heavy atom. The maximum atomic E-state index is 12.7. The van der Waals surface area contributed by atoms with E-state index < -0.39 is 0 Å².